The predicted molar refractivity (Wildman–Crippen MR) is 131 cm³/mol. The minimum atomic E-state index is -0.0688. The Kier molecular flexibility index (Phi) is 6.49. The van der Waals surface area contributed by atoms with E-state index in [4.69, 9.17) is 9.47 Å². The summed E-state index contributed by atoms with van der Waals surface area (Å²) < 4.78 is 13.0. The van der Waals surface area contributed by atoms with E-state index in [1.54, 1.807) is 0 Å². The molecular formula is C26H24N4O3S. The molecule has 172 valence electrons. The number of carbonyl (C=O) groups excluding carboxylic acids is 1. The van der Waals surface area contributed by atoms with Gasteiger partial charge in [-0.25, -0.2) is 0 Å². The number of nitrogens with zero attached hydrogens (tertiary/aromatic N) is 3. The molecule has 34 heavy (non-hydrogen) atoms. The van der Waals surface area contributed by atoms with Crippen LogP contribution in [-0.2, 0) is 11.3 Å². The molecule has 0 radical (unpaired) electrons. The molecule has 0 spiro atoms. The van der Waals surface area contributed by atoms with E-state index >= 15 is 0 Å². The number of amides is 1. The van der Waals surface area contributed by atoms with E-state index in [2.05, 4.69) is 15.5 Å². The summed E-state index contributed by atoms with van der Waals surface area (Å²) in [6.45, 7) is 2.75. The molecule has 1 aromatic heterocycles. The van der Waals surface area contributed by atoms with Gasteiger partial charge >= 0.3 is 0 Å². The van der Waals surface area contributed by atoms with E-state index < -0.39 is 0 Å². The maximum Gasteiger partial charge on any atom is 0.231 e. The zero-order valence-corrected chi connectivity index (χ0v) is 19.5. The second-order valence-corrected chi connectivity index (χ2v) is 8.88. The lowest BCUT2D eigenvalue weighted by molar-refractivity contribution is -0.119. The molecule has 8 heteroatoms. The fourth-order valence-electron chi connectivity index (χ4n) is 3.80. The topological polar surface area (TPSA) is 78.3 Å². The van der Waals surface area contributed by atoms with Crippen LogP contribution in [0.2, 0.25) is 0 Å². The number of fused-ring (bicyclic) bond motifs is 1. The van der Waals surface area contributed by atoms with Gasteiger partial charge in [0, 0.05) is 5.56 Å². The van der Waals surface area contributed by atoms with Crippen LogP contribution in [-0.4, -0.2) is 33.2 Å². The van der Waals surface area contributed by atoms with Gasteiger partial charge in [-0.05, 0) is 30.2 Å². The Morgan fingerprint density at radius 3 is 2.53 bits per heavy atom. The smallest absolute Gasteiger partial charge is 0.231 e. The second kappa shape index (κ2) is 10.0. The van der Waals surface area contributed by atoms with Crippen molar-refractivity contribution in [3.05, 3.63) is 90.0 Å². The monoisotopic (exact) mass is 472 g/mol. The first-order valence-electron chi connectivity index (χ1n) is 11.0. The molecule has 5 rings (SSSR count). The Labute approximate surface area is 202 Å². The first-order valence-corrected chi connectivity index (χ1v) is 12.0. The van der Waals surface area contributed by atoms with Crippen LogP contribution in [0.3, 0.4) is 0 Å². The van der Waals surface area contributed by atoms with Crippen LogP contribution in [0.1, 0.15) is 24.1 Å². The number of aromatic nitrogens is 3. The quantitative estimate of drug-likeness (QED) is 0.375. The average molecular weight is 473 g/mol. The number of carbonyl (C=O) groups is 1. The van der Waals surface area contributed by atoms with Crippen LogP contribution in [0.4, 0.5) is 0 Å². The van der Waals surface area contributed by atoms with E-state index in [1.165, 1.54) is 11.8 Å². The Morgan fingerprint density at radius 1 is 1.00 bits per heavy atom. The number of hydrogen-bond acceptors (Lipinski definition) is 6. The summed E-state index contributed by atoms with van der Waals surface area (Å²) in [6.07, 6.45) is 0. The average Bonchev–Trinajstić information content (AvgIpc) is 3.50. The minimum Gasteiger partial charge on any atom is -0.454 e. The molecule has 7 nitrogen and oxygen atoms in total. The molecule has 4 aromatic rings. The Morgan fingerprint density at radius 2 is 1.74 bits per heavy atom. The van der Waals surface area contributed by atoms with Gasteiger partial charge in [-0.1, -0.05) is 78.5 Å². The SMILES string of the molecule is CC(NC(=O)CSc1nnc(-c2ccccc2)n1Cc1ccc2c(c1)OCO2)c1ccccc1. The van der Waals surface area contributed by atoms with E-state index in [-0.39, 0.29) is 24.5 Å². The maximum atomic E-state index is 12.7. The largest absolute Gasteiger partial charge is 0.454 e. The molecule has 2 heterocycles. The molecule has 1 amide bonds. The van der Waals surface area contributed by atoms with Gasteiger partial charge in [0.2, 0.25) is 12.7 Å². The van der Waals surface area contributed by atoms with Gasteiger partial charge in [0.15, 0.2) is 22.5 Å². The van der Waals surface area contributed by atoms with Crippen molar-refractivity contribution in [2.75, 3.05) is 12.5 Å². The zero-order chi connectivity index (χ0) is 23.3. The molecule has 0 fully saturated rings. The summed E-state index contributed by atoms with van der Waals surface area (Å²) in [7, 11) is 0. The number of rotatable bonds is 8. The first-order chi connectivity index (χ1) is 16.7. The number of thioether (sulfide) groups is 1. The third kappa shape index (κ3) is 4.92. The van der Waals surface area contributed by atoms with Crippen molar-refractivity contribution >= 4 is 17.7 Å². The number of benzene rings is 3. The lowest BCUT2D eigenvalue weighted by atomic mass is 10.1. The highest BCUT2D eigenvalue weighted by atomic mass is 32.2. The standard InChI is InChI=1S/C26H24N4O3S/c1-18(20-8-4-2-5-9-20)27-24(31)16-34-26-29-28-25(21-10-6-3-7-11-21)30(26)15-19-12-13-22-23(14-19)33-17-32-22/h2-14,18H,15-17H2,1H3,(H,27,31). The molecular weight excluding hydrogens is 448 g/mol. The third-order valence-electron chi connectivity index (χ3n) is 5.54. The minimum absolute atomic E-state index is 0.0553. The molecule has 1 aliphatic rings. The van der Waals surface area contributed by atoms with Crippen molar-refractivity contribution in [1.82, 2.24) is 20.1 Å². The van der Waals surface area contributed by atoms with Crippen LogP contribution in [0, 0.1) is 0 Å². The normalized spacial score (nSPS) is 13.0. The molecule has 1 aliphatic heterocycles. The number of nitrogens with one attached hydrogen (secondary N) is 1. The molecule has 0 bridgehead atoms. The van der Waals surface area contributed by atoms with Crippen molar-refractivity contribution < 1.29 is 14.3 Å². The van der Waals surface area contributed by atoms with E-state index in [0.717, 1.165) is 34.0 Å². The highest BCUT2D eigenvalue weighted by Crippen LogP contribution is 2.33. The Hall–Kier alpha value is -3.78. The lowest BCUT2D eigenvalue weighted by Gasteiger charge is -2.14. The summed E-state index contributed by atoms with van der Waals surface area (Å²) >= 11 is 1.37. The van der Waals surface area contributed by atoms with Crippen LogP contribution in [0.25, 0.3) is 11.4 Å². The van der Waals surface area contributed by atoms with Crippen molar-refractivity contribution in [3.8, 4) is 22.9 Å². The van der Waals surface area contributed by atoms with E-state index in [0.29, 0.717) is 11.7 Å². The molecule has 1 atom stereocenters. The fourth-order valence-corrected chi connectivity index (χ4v) is 4.55. The number of hydrogen-bond donors (Lipinski definition) is 1. The molecule has 1 unspecified atom stereocenters. The molecule has 1 N–H and O–H groups in total. The van der Waals surface area contributed by atoms with Crippen molar-refractivity contribution in [1.29, 1.82) is 0 Å². The van der Waals surface area contributed by atoms with Gasteiger partial charge in [0.1, 0.15) is 0 Å². The van der Waals surface area contributed by atoms with Crippen LogP contribution in [0.15, 0.2) is 84.0 Å². The molecule has 0 saturated heterocycles. The maximum absolute atomic E-state index is 12.7. The van der Waals surface area contributed by atoms with Gasteiger partial charge in [0.25, 0.3) is 0 Å². The van der Waals surface area contributed by atoms with E-state index in [9.17, 15) is 4.79 Å². The highest BCUT2D eigenvalue weighted by molar-refractivity contribution is 7.99. The summed E-state index contributed by atoms with van der Waals surface area (Å²) in [5, 5.41) is 12.6. The van der Waals surface area contributed by atoms with Gasteiger partial charge in [-0.2, -0.15) is 0 Å². The van der Waals surface area contributed by atoms with Gasteiger partial charge < -0.3 is 14.8 Å². The summed E-state index contributed by atoms with van der Waals surface area (Å²) in [5.74, 6) is 2.41. The Bertz CT molecular complexity index is 1280. The van der Waals surface area contributed by atoms with Crippen molar-refractivity contribution in [2.24, 2.45) is 0 Å². The van der Waals surface area contributed by atoms with Gasteiger partial charge in [-0.3, -0.25) is 9.36 Å². The number of ether oxygens (including phenoxy) is 2. The zero-order valence-electron chi connectivity index (χ0n) is 18.7. The van der Waals surface area contributed by atoms with Crippen LogP contribution in [0.5, 0.6) is 11.5 Å². The van der Waals surface area contributed by atoms with Gasteiger partial charge in [-0.15, -0.1) is 10.2 Å². The Balaban J connectivity index is 1.34. The predicted octanol–water partition coefficient (Wildman–Crippen LogP) is 4.69. The van der Waals surface area contributed by atoms with Crippen LogP contribution >= 0.6 is 11.8 Å². The highest BCUT2D eigenvalue weighted by Gasteiger charge is 2.19. The van der Waals surface area contributed by atoms with Crippen molar-refractivity contribution in [3.63, 3.8) is 0 Å². The fraction of sp³-hybridized carbons (Fsp3) is 0.192. The molecule has 3 aromatic carbocycles. The summed E-state index contributed by atoms with van der Waals surface area (Å²) in [6, 6.07) is 25.7. The summed E-state index contributed by atoms with van der Waals surface area (Å²) in [4.78, 5) is 12.7. The lowest BCUT2D eigenvalue weighted by Crippen LogP contribution is -2.28. The third-order valence-corrected chi connectivity index (χ3v) is 6.50. The molecule has 0 aliphatic carbocycles. The van der Waals surface area contributed by atoms with Gasteiger partial charge in [0.05, 0.1) is 18.3 Å². The van der Waals surface area contributed by atoms with E-state index in [1.807, 2.05) is 90.4 Å². The first kappa shape index (κ1) is 22.0. The second-order valence-electron chi connectivity index (χ2n) is 7.93. The van der Waals surface area contributed by atoms with Crippen molar-refractivity contribution in [2.45, 2.75) is 24.7 Å². The summed E-state index contributed by atoms with van der Waals surface area (Å²) in [5.41, 5.74) is 3.06. The molecule has 0 saturated carbocycles. The van der Waals surface area contributed by atoms with Crippen LogP contribution < -0.4 is 14.8 Å².